The van der Waals surface area contributed by atoms with Crippen molar-refractivity contribution in [3.8, 4) is 17.0 Å². The van der Waals surface area contributed by atoms with Crippen LogP contribution in [0.5, 0.6) is 5.88 Å². The van der Waals surface area contributed by atoms with Gasteiger partial charge in [0.1, 0.15) is 0 Å². The Morgan fingerprint density at radius 2 is 1.61 bits per heavy atom. The monoisotopic (exact) mass is 245 g/mol. The maximum Gasteiger partial charge on any atom is 0.280 e. The van der Waals surface area contributed by atoms with Gasteiger partial charge in [-0.15, -0.1) is 9.81 Å². The molecule has 0 aliphatic heterocycles. The number of aromatic hydroxyl groups is 1. The Morgan fingerprint density at radius 1 is 1.00 bits per heavy atom. The molecule has 1 aromatic heterocycles. The zero-order valence-electron chi connectivity index (χ0n) is 8.95. The fourth-order valence-electron chi connectivity index (χ4n) is 1.62. The van der Waals surface area contributed by atoms with Gasteiger partial charge < -0.3 is 5.11 Å². The zero-order chi connectivity index (χ0) is 13.1. The minimum absolute atomic E-state index is 0.0816. The molecule has 1 aromatic carbocycles. The molecule has 0 unspecified atom stereocenters. The molecule has 0 fully saturated rings. The fourth-order valence-corrected chi connectivity index (χ4v) is 1.62. The second-order valence-corrected chi connectivity index (χ2v) is 3.42. The van der Waals surface area contributed by atoms with Crippen LogP contribution in [-0.4, -0.2) is 10.1 Å². The number of H-pyrrole nitrogens is 1. The standard InChI is InChI=1S/C11H7N3O4/c15-10-8(13-17)7(6-4-2-1-3-5-6)9(14-18)11(16)12-10/h1-5H,(H2,12,15,16). The first kappa shape index (κ1) is 11.6. The van der Waals surface area contributed by atoms with Gasteiger partial charge in [0, 0.05) is 0 Å². The predicted octanol–water partition coefficient (Wildman–Crippen LogP) is 2.54. The lowest BCUT2D eigenvalue weighted by Gasteiger charge is -2.06. The van der Waals surface area contributed by atoms with E-state index in [1.165, 1.54) is 0 Å². The third kappa shape index (κ3) is 1.77. The summed E-state index contributed by atoms with van der Waals surface area (Å²) in [4.78, 5) is 34.8. The summed E-state index contributed by atoms with van der Waals surface area (Å²) in [6.07, 6.45) is 0. The molecule has 0 aliphatic carbocycles. The van der Waals surface area contributed by atoms with E-state index in [1.54, 1.807) is 30.3 Å². The quantitative estimate of drug-likeness (QED) is 0.809. The predicted molar refractivity (Wildman–Crippen MR) is 65.1 cm³/mol. The number of rotatable bonds is 3. The minimum atomic E-state index is -0.881. The molecule has 0 amide bonds. The van der Waals surface area contributed by atoms with E-state index in [1.807, 2.05) is 4.98 Å². The summed E-state index contributed by atoms with van der Waals surface area (Å²) in [6.45, 7) is 0. The molecule has 0 saturated carbocycles. The van der Waals surface area contributed by atoms with E-state index in [2.05, 4.69) is 10.4 Å². The van der Waals surface area contributed by atoms with Crippen LogP contribution in [0.15, 0.2) is 45.5 Å². The van der Waals surface area contributed by atoms with Gasteiger partial charge in [0.15, 0.2) is 11.4 Å². The van der Waals surface area contributed by atoms with Gasteiger partial charge in [0.05, 0.1) is 5.56 Å². The van der Waals surface area contributed by atoms with Crippen molar-refractivity contribution in [3.05, 3.63) is 50.5 Å². The molecular weight excluding hydrogens is 238 g/mol. The number of benzene rings is 1. The molecule has 0 atom stereocenters. The lowest BCUT2D eigenvalue weighted by Crippen LogP contribution is -2.06. The second-order valence-electron chi connectivity index (χ2n) is 3.42. The highest BCUT2D eigenvalue weighted by atomic mass is 16.3. The van der Waals surface area contributed by atoms with Crippen LogP contribution >= 0.6 is 0 Å². The molecule has 0 aliphatic rings. The van der Waals surface area contributed by atoms with Crippen molar-refractivity contribution in [2.45, 2.75) is 0 Å². The minimum Gasteiger partial charge on any atom is -0.493 e. The Labute approximate surface area is 100 Å². The first-order chi connectivity index (χ1) is 8.69. The Balaban J connectivity index is 2.90. The highest BCUT2D eigenvalue weighted by molar-refractivity contribution is 5.87. The van der Waals surface area contributed by atoms with Crippen molar-refractivity contribution in [1.82, 2.24) is 4.98 Å². The molecule has 7 heteroatoms. The van der Waals surface area contributed by atoms with Gasteiger partial charge in [0.2, 0.25) is 5.88 Å². The lowest BCUT2D eigenvalue weighted by atomic mass is 10.0. The van der Waals surface area contributed by atoms with Gasteiger partial charge >= 0.3 is 0 Å². The maximum absolute atomic E-state index is 11.5. The van der Waals surface area contributed by atoms with E-state index in [0.717, 1.165) is 0 Å². The van der Waals surface area contributed by atoms with Gasteiger partial charge in [-0.25, -0.2) is 0 Å². The van der Waals surface area contributed by atoms with E-state index >= 15 is 0 Å². The highest BCUT2D eigenvalue weighted by Gasteiger charge is 2.20. The third-order valence-corrected chi connectivity index (χ3v) is 2.39. The van der Waals surface area contributed by atoms with Crippen molar-refractivity contribution in [3.63, 3.8) is 0 Å². The zero-order valence-corrected chi connectivity index (χ0v) is 8.95. The fraction of sp³-hybridized carbons (Fsp3) is 0. The van der Waals surface area contributed by atoms with E-state index in [0.29, 0.717) is 5.56 Å². The summed E-state index contributed by atoms with van der Waals surface area (Å²) in [5.74, 6) is -0.693. The number of nitrogens with zero attached hydrogens (tertiary/aromatic N) is 2. The van der Waals surface area contributed by atoms with Crippen LogP contribution < -0.4 is 5.56 Å². The molecule has 0 radical (unpaired) electrons. The summed E-state index contributed by atoms with van der Waals surface area (Å²) in [5.41, 5.74) is -1.48. The summed E-state index contributed by atoms with van der Waals surface area (Å²) in [6, 6.07) is 8.15. The normalized spacial score (nSPS) is 10.0. The van der Waals surface area contributed by atoms with Crippen molar-refractivity contribution in [1.29, 1.82) is 0 Å². The molecular formula is C11H7N3O4. The molecule has 2 aromatic rings. The first-order valence-electron chi connectivity index (χ1n) is 4.90. The summed E-state index contributed by atoms with van der Waals surface area (Å²) in [7, 11) is 0. The summed E-state index contributed by atoms with van der Waals surface area (Å²) in [5, 5.41) is 14.7. The van der Waals surface area contributed by atoms with E-state index in [9.17, 15) is 19.7 Å². The van der Waals surface area contributed by atoms with Crippen molar-refractivity contribution in [2.75, 3.05) is 0 Å². The average Bonchev–Trinajstić information content (AvgIpc) is 2.39. The second kappa shape index (κ2) is 4.58. The molecule has 1 heterocycles. The summed E-state index contributed by atoms with van der Waals surface area (Å²) < 4.78 is 0. The molecule has 2 rings (SSSR count). The largest absolute Gasteiger partial charge is 0.493 e. The topological polar surface area (TPSA) is 112 Å². The van der Waals surface area contributed by atoms with Crippen molar-refractivity contribution >= 4 is 11.4 Å². The smallest absolute Gasteiger partial charge is 0.280 e. The van der Waals surface area contributed by atoms with E-state index < -0.39 is 22.8 Å². The Morgan fingerprint density at radius 3 is 2.17 bits per heavy atom. The number of aromatic amines is 1. The van der Waals surface area contributed by atoms with Crippen molar-refractivity contribution < 1.29 is 5.11 Å². The number of aromatic nitrogens is 1. The van der Waals surface area contributed by atoms with Crippen LogP contribution in [0.25, 0.3) is 11.1 Å². The maximum atomic E-state index is 11.5. The number of pyridine rings is 1. The van der Waals surface area contributed by atoms with Crippen LogP contribution in [0.2, 0.25) is 0 Å². The number of nitroso groups, excluding NO2 is 2. The van der Waals surface area contributed by atoms with E-state index in [-0.39, 0.29) is 5.56 Å². The number of hydrogen-bond acceptors (Lipinski definition) is 6. The van der Waals surface area contributed by atoms with Gasteiger partial charge in [-0.1, -0.05) is 30.3 Å². The first-order valence-corrected chi connectivity index (χ1v) is 4.90. The molecule has 0 saturated heterocycles. The van der Waals surface area contributed by atoms with Gasteiger partial charge in [-0.05, 0) is 15.9 Å². The number of nitrogens with one attached hydrogen (secondary N) is 1. The van der Waals surface area contributed by atoms with Crippen LogP contribution in [0.4, 0.5) is 11.4 Å². The number of hydrogen-bond donors (Lipinski definition) is 2. The van der Waals surface area contributed by atoms with Crippen LogP contribution in [0.3, 0.4) is 0 Å². The molecule has 0 spiro atoms. The van der Waals surface area contributed by atoms with Gasteiger partial charge in [0.25, 0.3) is 5.56 Å². The Bertz CT molecular complexity index is 664. The lowest BCUT2D eigenvalue weighted by molar-refractivity contribution is 0.454. The molecule has 90 valence electrons. The third-order valence-electron chi connectivity index (χ3n) is 2.39. The SMILES string of the molecule is O=Nc1c(O)[nH]c(=O)c(N=O)c1-c1ccccc1. The molecule has 7 nitrogen and oxygen atoms in total. The molecule has 18 heavy (non-hydrogen) atoms. The molecule has 0 bridgehead atoms. The highest BCUT2D eigenvalue weighted by Crippen LogP contribution is 2.40. The van der Waals surface area contributed by atoms with Gasteiger partial charge in [-0.2, -0.15) is 0 Å². The summed E-state index contributed by atoms with van der Waals surface area (Å²) >= 11 is 0. The molecule has 2 N–H and O–H groups in total. The van der Waals surface area contributed by atoms with Crippen molar-refractivity contribution in [2.24, 2.45) is 10.4 Å². The average molecular weight is 245 g/mol. The Hall–Kier alpha value is -2.83. The Kier molecular flexibility index (Phi) is 2.96. The van der Waals surface area contributed by atoms with Crippen LogP contribution in [0, 0.1) is 9.81 Å². The van der Waals surface area contributed by atoms with E-state index in [4.69, 9.17) is 0 Å². The van der Waals surface area contributed by atoms with Crippen LogP contribution in [-0.2, 0) is 0 Å². The van der Waals surface area contributed by atoms with Gasteiger partial charge in [-0.3, -0.25) is 9.78 Å². The van der Waals surface area contributed by atoms with Crippen LogP contribution in [0.1, 0.15) is 0 Å².